The Bertz CT molecular complexity index is 784. The van der Waals surface area contributed by atoms with Crippen LogP contribution in [-0.2, 0) is 16.4 Å². The van der Waals surface area contributed by atoms with E-state index in [0.717, 1.165) is 24.1 Å². The molecule has 0 atom stereocenters. The molecule has 0 aromatic heterocycles. The van der Waals surface area contributed by atoms with Crippen LogP contribution in [0.5, 0.6) is 0 Å². The van der Waals surface area contributed by atoms with Gasteiger partial charge in [0.15, 0.2) is 5.78 Å². The first-order chi connectivity index (χ1) is 11.4. The lowest BCUT2D eigenvalue weighted by Crippen LogP contribution is -2.26. The van der Waals surface area contributed by atoms with E-state index in [1.807, 2.05) is 19.1 Å². The van der Waals surface area contributed by atoms with Crippen molar-refractivity contribution in [2.45, 2.75) is 31.1 Å². The monoisotopic (exact) mass is 349 g/mol. The van der Waals surface area contributed by atoms with Crippen molar-refractivity contribution in [1.82, 2.24) is 4.72 Å². The van der Waals surface area contributed by atoms with Crippen LogP contribution in [0, 0.1) is 5.82 Å². The normalized spacial score (nSPS) is 11.4. The van der Waals surface area contributed by atoms with Gasteiger partial charge in [0.25, 0.3) is 0 Å². The van der Waals surface area contributed by atoms with Gasteiger partial charge in [0.1, 0.15) is 5.82 Å². The Kier molecular flexibility index (Phi) is 6.23. The number of ketones is 1. The minimum Gasteiger partial charge on any atom is -0.294 e. The first kappa shape index (κ1) is 18.3. The molecular formula is C18H20FNO3S. The molecule has 0 fully saturated rings. The Morgan fingerprint density at radius 3 is 2.25 bits per heavy atom. The SMILES string of the molecule is CCCC(=O)c1ccc(CCNS(=O)(=O)c2ccc(F)cc2)cc1. The van der Waals surface area contributed by atoms with Gasteiger partial charge < -0.3 is 0 Å². The largest absolute Gasteiger partial charge is 0.294 e. The quantitative estimate of drug-likeness (QED) is 0.744. The van der Waals surface area contributed by atoms with Crippen molar-refractivity contribution in [2.75, 3.05) is 6.54 Å². The van der Waals surface area contributed by atoms with E-state index >= 15 is 0 Å². The highest BCUT2D eigenvalue weighted by atomic mass is 32.2. The highest BCUT2D eigenvalue weighted by Crippen LogP contribution is 2.11. The topological polar surface area (TPSA) is 63.2 Å². The number of carbonyl (C=O) groups is 1. The summed E-state index contributed by atoms with van der Waals surface area (Å²) in [4.78, 5) is 11.8. The van der Waals surface area contributed by atoms with Gasteiger partial charge in [-0.3, -0.25) is 4.79 Å². The molecule has 0 saturated heterocycles. The second-order valence-corrected chi connectivity index (χ2v) is 7.24. The molecule has 2 aromatic carbocycles. The zero-order chi connectivity index (χ0) is 17.6. The summed E-state index contributed by atoms with van der Waals surface area (Å²) in [7, 11) is -3.65. The Hall–Kier alpha value is -2.05. The molecule has 2 aromatic rings. The van der Waals surface area contributed by atoms with Crippen LogP contribution < -0.4 is 4.72 Å². The number of sulfonamides is 1. The number of rotatable bonds is 8. The van der Waals surface area contributed by atoms with E-state index in [9.17, 15) is 17.6 Å². The van der Waals surface area contributed by atoms with Crippen molar-refractivity contribution in [1.29, 1.82) is 0 Å². The molecule has 0 amide bonds. The van der Waals surface area contributed by atoms with Gasteiger partial charge in [0, 0.05) is 18.5 Å². The third kappa shape index (κ3) is 4.97. The number of halogens is 1. The lowest BCUT2D eigenvalue weighted by molar-refractivity contribution is 0.0981. The number of hydrogen-bond donors (Lipinski definition) is 1. The summed E-state index contributed by atoms with van der Waals surface area (Å²) in [5, 5.41) is 0. The Balaban J connectivity index is 1.91. The number of Topliss-reactive ketones (excluding diaryl/α,β-unsaturated/α-hetero) is 1. The van der Waals surface area contributed by atoms with Gasteiger partial charge in [-0.25, -0.2) is 17.5 Å². The summed E-state index contributed by atoms with van der Waals surface area (Å²) in [6.07, 6.45) is 1.84. The summed E-state index contributed by atoms with van der Waals surface area (Å²) in [5.41, 5.74) is 1.61. The molecule has 0 saturated carbocycles. The fraction of sp³-hybridized carbons (Fsp3) is 0.278. The van der Waals surface area contributed by atoms with Crippen LogP contribution in [0.3, 0.4) is 0 Å². The number of nitrogens with one attached hydrogen (secondary N) is 1. The van der Waals surface area contributed by atoms with Crippen molar-refractivity contribution in [3.8, 4) is 0 Å². The zero-order valence-corrected chi connectivity index (χ0v) is 14.3. The minimum atomic E-state index is -3.65. The summed E-state index contributed by atoms with van der Waals surface area (Å²) in [6.45, 7) is 2.18. The molecule has 2 rings (SSSR count). The Morgan fingerprint density at radius 2 is 1.67 bits per heavy atom. The van der Waals surface area contributed by atoms with Gasteiger partial charge in [-0.1, -0.05) is 31.2 Å². The van der Waals surface area contributed by atoms with Crippen molar-refractivity contribution in [2.24, 2.45) is 0 Å². The summed E-state index contributed by atoms with van der Waals surface area (Å²) in [5.74, 6) is -0.368. The number of carbonyl (C=O) groups excluding carboxylic acids is 1. The molecule has 0 aliphatic rings. The van der Waals surface area contributed by atoms with E-state index in [0.29, 0.717) is 18.4 Å². The lowest BCUT2D eigenvalue weighted by Gasteiger charge is -2.07. The van der Waals surface area contributed by atoms with Crippen LogP contribution in [0.2, 0.25) is 0 Å². The first-order valence-corrected chi connectivity index (χ1v) is 9.28. The third-order valence-corrected chi connectivity index (χ3v) is 5.06. The standard InChI is InChI=1S/C18H20FNO3S/c1-2-3-18(21)15-6-4-14(5-7-15)12-13-20-24(22,23)17-10-8-16(19)9-11-17/h4-11,20H,2-3,12-13H2,1H3. The Morgan fingerprint density at radius 1 is 1.04 bits per heavy atom. The average molecular weight is 349 g/mol. The van der Waals surface area contributed by atoms with Crippen molar-refractivity contribution < 1.29 is 17.6 Å². The maximum absolute atomic E-state index is 12.8. The average Bonchev–Trinajstić information content (AvgIpc) is 2.56. The maximum Gasteiger partial charge on any atom is 0.240 e. The van der Waals surface area contributed by atoms with Crippen LogP contribution in [-0.4, -0.2) is 20.7 Å². The molecule has 0 spiro atoms. The number of benzene rings is 2. The van der Waals surface area contributed by atoms with Gasteiger partial charge >= 0.3 is 0 Å². The number of hydrogen-bond acceptors (Lipinski definition) is 3. The summed E-state index contributed by atoms with van der Waals surface area (Å²) < 4.78 is 39.5. The third-order valence-electron chi connectivity index (χ3n) is 3.58. The van der Waals surface area contributed by atoms with E-state index in [1.165, 1.54) is 12.1 Å². The van der Waals surface area contributed by atoms with Crippen LogP contribution in [0.25, 0.3) is 0 Å². The highest BCUT2D eigenvalue weighted by Gasteiger charge is 2.13. The van der Waals surface area contributed by atoms with Gasteiger partial charge in [-0.2, -0.15) is 0 Å². The van der Waals surface area contributed by atoms with Gasteiger partial charge in [0.2, 0.25) is 10.0 Å². The molecule has 4 nitrogen and oxygen atoms in total. The smallest absolute Gasteiger partial charge is 0.240 e. The van der Waals surface area contributed by atoms with Crippen molar-refractivity contribution in [3.63, 3.8) is 0 Å². The zero-order valence-electron chi connectivity index (χ0n) is 13.5. The van der Waals surface area contributed by atoms with Crippen molar-refractivity contribution in [3.05, 3.63) is 65.5 Å². The molecule has 0 aliphatic heterocycles. The molecule has 0 aliphatic carbocycles. The second kappa shape index (κ2) is 8.17. The summed E-state index contributed by atoms with van der Waals surface area (Å²) in [6, 6.07) is 11.9. The molecule has 0 unspecified atom stereocenters. The van der Waals surface area contributed by atoms with Gasteiger partial charge in [0.05, 0.1) is 4.90 Å². The fourth-order valence-corrected chi connectivity index (χ4v) is 3.29. The highest BCUT2D eigenvalue weighted by molar-refractivity contribution is 7.89. The summed E-state index contributed by atoms with van der Waals surface area (Å²) >= 11 is 0. The van der Waals surface area contributed by atoms with E-state index in [4.69, 9.17) is 0 Å². The van der Waals surface area contributed by atoms with Crippen molar-refractivity contribution >= 4 is 15.8 Å². The van der Waals surface area contributed by atoms with E-state index in [-0.39, 0.29) is 17.2 Å². The van der Waals surface area contributed by atoms with E-state index in [2.05, 4.69) is 4.72 Å². The molecular weight excluding hydrogens is 329 g/mol. The molecule has 128 valence electrons. The Labute approximate surface area is 141 Å². The molecule has 6 heteroatoms. The molecule has 0 heterocycles. The molecule has 0 radical (unpaired) electrons. The van der Waals surface area contributed by atoms with Crippen LogP contribution in [0.1, 0.15) is 35.7 Å². The van der Waals surface area contributed by atoms with Gasteiger partial charge in [-0.15, -0.1) is 0 Å². The molecule has 1 N–H and O–H groups in total. The predicted molar refractivity (Wildman–Crippen MR) is 91.0 cm³/mol. The predicted octanol–water partition coefficient (Wildman–Crippen LogP) is 3.33. The van der Waals surface area contributed by atoms with Crippen LogP contribution >= 0.6 is 0 Å². The van der Waals surface area contributed by atoms with Crippen LogP contribution in [0.4, 0.5) is 4.39 Å². The fourth-order valence-electron chi connectivity index (χ4n) is 2.26. The van der Waals surface area contributed by atoms with E-state index in [1.54, 1.807) is 12.1 Å². The van der Waals surface area contributed by atoms with Gasteiger partial charge in [-0.05, 0) is 42.7 Å². The minimum absolute atomic E-state index is 0.0319. The maximum atomic E-state index is 12.8. The second-order valence-electron chi connectivity index (χ2n) is 5.47. The first-order valence-electron chi connectivity index (χ1n) is 7.80. The van der Waals surface area contributed by atoms with E-state index < -0.39 is 15.8 Å². The molecule has 24 heavy (non-hydrogen) atoms. The molecule has 0 bridgehead atoms. The lowest BCUT2D eigenvalue weighted by atomic mass is 10.0. The van der Waals surface area contributed by atoms with Crippen LogP contribution in [0.15, 0.2) is 53.4 Å².